The Morgan fingerprint density at radius 2 is 2.09 bits per heavy atom. The first-order chi connectivity index (χ1) is 10.6. The number of benzene rings is 1. The number of aryl methyl sites for hydroxylation is 1. The lowest BCUT2D eigenvalue weighted by atomic mass is 10.1. The molecule has 2 N–H and O–H groups in total. The minimum absolute atomic E-state index is 0.0794. The molecule has 0 fully saturated rings. The number of rotatable bonds is 6. The molecule has 0 atom stereocenters. The Labute approximate surface area is 129 Å². The molecule has 22 heavy (non-hydrogen) atoms. The Morgan fingerprint density at radius 3 is 2.77 bits per heavy atom. The van der Waals surface area contributed by atoms with Crippen LogP contribution < -0.4 is 5.43 Å². The molecule has 0 radical (unpaired) electrons. The number of fused-ring (bicyclic) bond motifs is 1. The molecule has 0 unspecified atom stereocenters. The third kappa shape index (κ3) is 3.36. The molecule has 118 valence electrons. The molecule has 1 aromatic heterocycles. The summed E-state index contributed by atoms with van der Waals surface area (Å²) in [4.78, 5) is 29.7. The lowest BCUT2D eigenvalue weighted by molar-refractivity contribution is 0.0760. The molecule has 2 rings (SSSR count). The summed E-state index contributed by atoms with van der Waals surface area (Å²) in [5.41, 5.74) is 1.77. The summed E-state index contributed by atoms with van der Waals surface area (Å²) in [6.45, 7) is 5.06. The van der Waals surface area contributed by atoms with Gasteiger partial charge in [0.2, 0.25) is 0 Å². The second-order valence-corrected chi connectivity index (χ2v) is 5.36. The summed E-state index contributed by atoms with van der Waals surface area (Å²) in [6.07, 6.45) is 1.44. The molecule has 5 heteroatoms. The van der Waals surface area contributed by atoms with Crippen LogP contribution in [0.3, 0.4) is 0 Å². The molecule has 0 aliphatic heterocycles. The number of para-hydroxylation sites is 1. The third-order valence-electron chi connectivity index (χ3n) is 3.74. The molecular weight excluding hydrogens is 280 g/mol. The first-order valence-corrected chi connectivity index (χ1v) is 7.61. The summed E-state index contributed by atoms with van der Waals surface area (Å²) in [6, 6.07) is 6.75. The van der Waals surface area contributed by atoms with Crippen molar-refractivity contribution >= 4 is 16.8 Å². The summed E-state index contributed by atoms with van der Waals surface area (Å²) in [7, 11) is 0. The highest BCUT2D eigenvalue weighted by Gasteiger charge is 2.17. The highest BCUT2D eigenvalue weighted by molar-refractivity contribution is 6.05. The van der Waals surface area contributed by atoms with Crippen LogP contribution in [0.15, 0.2) is 29.1 Å². The molecular formula is C17H22N2O3. The largest absolute Gasteiger partial charge is 0.396 e. The van der Waals surface area contributed by atoms with Gasteiger partial charge in [-0.1, -0.05) is 6.07 Å². The third-order valence-corrected chi connectivity index (χ3v) is 3.74. The number of hydrogen-bond donors (Lipinski definition) is 2. The average molecular weight is 302 g/mol. The van der Waals surface area contributed by atoms with Crippen molar-refractivity contribution in [1.82, 2.24) is 9.88 Å². The summed E-state index contributed by atoms with van der Waals surface area (Å²) < 4.78 is 0. The predicted molar refractivity (Wildman–Crippen MR) is 87.2 cm³/mol. The van der Waals surface area contributed by atoms with E-state index in [1.54, 1.807) is 30.0 Å². The van der Waals surface area contributed by atoms with E-state index in [-0.39, 0.29) is 17.9 Å². The van der Waals surface area contributed by atoms with E-state index in [4.69, 9.17) is 5.11 Å². The van der Waals surface area contributed by atoms with Gasteiger partial charge in [0.1, 0.15) is 0 Å². The maximum atomic E-state index is 12.7. The number of aliphatic hydroxyl groups is 1. The SMILES string of the molecule is CCN(CCCCO)C(=O)c1cccc2c(=O)cc(C)[nH]c12. The minimum atomic E-state index is -0.0905. The summed E-state index contributed by atoms with van der Waals surface area (Å²) in [5.74, 6) is -0.0905. The Hall–Kier alpha value is -2.14. The molecule has 0 saturated heterocycles. The summed E-state index contributed by atoms with van der Waals surface area (Å²) >= 11 is 0. The van der Waals surface area contributed by atoms with Crippen molar-refractivity contribution in [1.29, 1.82) is 0 Å². The van der Waals surface area contributed by atoms with E-state index in [0.29, 0.717) is 36.0 Å². The molecule has 0 aliphatic carbocycles. The van der Waals surface area contributed by atoms with Crippen LogP contribution in [0.5, 0.6) is 0 Å². The van der Waals surface area contributed by atoms with E-state index < -0.39 is 0 Å². The van der Waals surface area contributed by atoms with Crippen molar-refractivity contribution in [2.45, 2.75) is 26.7 Å². The Morgan fingerprint density at radius 1 is 1.32 bits per heavy atom. The first-order valence-electron chi connectivity index (χ1n) is 7.61. The van der Waals surface area contributed by atoms with Crippen molar-refractivity contribution in [2.24, 2.45) is 0 Å². The van der Waals surface area contributed by atoms with Crippen LogP contribution in [0.1, 0.15) is 35.8 Å². The molecule has 1 aromatic carbocycles. The van der Waals surface area contributed by atoms with Gasteiger partial charge >= 0.3 is 0 Å². The van der Waals surface area contributed by atoms with Crippen LogP contribution >= 0.6 is 0 Å². The molecule has 0 saturated carbocycles. The van der Waals surface area contributed by atoms with E-state index in [1.807, 2.05) is 6.92 Å². The fraction of sp³-hybridized carbons (Fsp3) is 0.412. The van der Waals surface area contributed by atoms with Gasteiger partial charge in [-0.05, 0) is 38.8 Å². The van der Waals surface area contributed by atoms with Crippen LogP contribution in [0.4, 0.5) is 0 Å². The number of aromatic nitrogens is 1. The number of aromatic amines is 1. The monoisotopic (exact) mass is 302 g/mol. The van der Waals surface area contributed by atoms with Crippen molar-refractivity contribution in [3.05, 3.63) is 45.7 Å². The van der Waals surface area contributed by atoms with Crippen LogP contribution in [0.2, 0.25) is 0 Å². The zero-order valence-electron chi connectivity index (χ0n) is 13.1. The maximum absolute atomic E-state index is 12.7. The van der Waals surface area contributed by atoms with Crippen LogP contribution in [-0.2, 0) is 0 Å². The molecule has 0 aliphatic rings. The predicted octanol–water partition coefficient (Wildman–Crippen LogP) is 2.07. The van der Waals surface area contributed by atoms with Crippen molar-refractivity contribution in [2.75, 3.05) is 19.7 Å². The number of unbranched alkanes of at least 4 members (excludes halogenated alkanes) is 1. The smallest absolute Gasteiger partial charge is 0.255 e. The van der Waals surface area contributed by atoms with E-state index in [2.05, 4.69) is 4.98 Å². The van der Waals surface area contributed by atoms with Gasteiger partial charge in [0.05, 0.1) is 11.1 Å². The number of carbonyl (C=O) groups is 1. The fourth-order valence-electron chi connectivity index (χ4n) is 2.57. The highest BCUT2D eigenvalue weighted by atomic mass is 16.3. The number of aliphatic hydroxyl groups excluding tert-OH is 1. The van der Waals surface area contributed by atoms with Gasteiger partial charge in [0.15, 0.2) is 5.43 Å². The molecule has 0 bridgehead atoms. The highest BCUT2D eigenvalue weighted by Crippen LogP contribution is 2.16. The second kappa shape index (κ2) is 7.22. The molecule has 2 aromatic rings. The standard InChI is InChI=1S/C17H22N2O3/c1-3-19(9-4-5-10-20)17(22)14-8-6-7-13-15(21)11-12(2)18-16(13)14/h6-8,11,20H,3-5,9-10H2,1-2H3,(H,18,21). The maximum Gasteiger partial charge on any atom is 0.255 e. The number of H-pyrrole nitrogens is 1. The van der Waals surface area contributed by atoms with E-state index >= 15 is 0 Å². The van der Waals surface area contributed by atoms with E-state index in [9.17, 15) is 9.59 Å². The molecule has 1 heterocycles. The van der Waals surface area contributed by atoms with Gasteiger partial charge in [-0.3, -0.25) is 9.59 Å². The van der Waals surface area contributed by atoms with Gasteiger partial charge in [-0.15, -0.1) is 0 Å². The molecule has 5 nitrogen and oxygen atoms in total. The minimum Gasteiger partial charge on any atom is -0.396 e. The van der Waals surface area contributed by atoms with Crippen LogP contribution in [0.25, 0.3) is 10.9 Å². The van der Waals surface area contributed by atoms with Gasteiger partial charge in [0, 0.05) is 36.8 Å². The quantitative estimate of drug-likeness (QED) is 0.802. The van der Waals surface area contributed by atoms with Gasteiger partial charge in [-0.2, -0.15) is 0 Å². The van der Waals surface area contributed by atoms with E-state index in [0.717, 1.165) is 12.1 Å². The number of nitrogens with zero attached hydrogens (tertiary/aromatic N) is 1. The zero-order chi connectivity index (χ0) is 16.1. The van der Waals surface area contributed by atoms with Crippen molar-refractivity contribution in [3.8, 4) is 0 Å². The fourth-order valence-corrected chi connectivity index (χ4v) is 2.57. The van der Waals surface area contributed by atoms with Gasteiger partial charge in [0.25, 0.3) is 5.91 Å². The van der Waals surface area contributed by atoms with Crippen molar-refractivity contribution in [3.63, 3.8) is 0 Å². The number of amides is 1. The molecule has 1 amide bonds. The number of carbonyl (C=O) groups excluding carboxylic acids is 1. The lowest BCUT2D eigenvalue weighted by Gasteiger charge is -2.21. The lowest BCUT2D eigenvalue weighted by Crippen LogP contribution is -2.32. The average Bonchev–Trinajstić information content (AvgIpc) is 2.50. The zero-order valence-corrected chi connectivity index (χ0v) is 13.1. The van der Waals surface area contributed by atoms with Crippen molar-refractivity contribution < 1.29 is 9.90 Å². The molecule has 0 spiro atoms. The Bertz CT molecular complexity index is 721. The summed E-state index contributed by atoms with van der Waals surface area (Å²) in [5, 5.41) is 9.40. The van der Waals surface area contributed by atoms with Gasteiger partial charge in [-0.25, -0.2) is 0 Å². The number of hydrogen-bond acceptors (Lipinski definition) is 3. The van der Waals surface area contributed by atoms with Crippen LogP contribution in [0, 0.1) is 6.92 Å². The Balaban J connectivity index is 2.40. The first kappa shape index (κ1) is 16.2. The van der Waals surface area contributed by atoms with Crippen LogP contribution in [-0.4, -0.2) is 40.6 Å². The van der Waals surface area contributed by atoms with Gasteiger partial charge < -0.3 is 15.0 Å². The topological polar surface area (TPSA) is 73.4 Å². The normalized spacial score (nSPS) is 10.9. The number of nitrogens with one attached hydrogen (secondary N) is 1. The van der Waals surface area contributed by atoms with E-state index in [1.165, 1.54) is 6.07 Å². The Kier molecular flexibility index (Phi) is 5.33. The second-order valence-electron chi connectivity index (χ2n) is 5.36. The number of pyridine rings is 1.